The first kappa shape index (κ1) is 34.0. The van der Waals surface area contributed by atoms with Crippen LogP contribution in [-0.2, 0) is 19.1 Å². The number of carbonyl (C=O) groups excluding carboxylic acids is 1. The third-order valence-electron chi connectivity index (χ3n) is 8.39. The topological polar surface area (TPSA) is 117 Å². The van der Waals surface area contributed by atoms with Gasteiger partial charge in [-0.25, -0.2) is 0 Å². The highest BCUT2D eigenvalue weighted by molar-refractivity contribution is 5.83. The predicted octanol–water partition coefficient (Wildman–Crippen LogP) is 4.21. The zero-order chi connectivity index (χ0) is 28.6. The number of carbonyl (C=O) groups is 2. The van der Waals surface area contributed by atoms with Crippen LogP contribution in [0.15, 0.2) is 0 Å². The Bertz CT molecular complexity index is 702. The molecule has 0 aromatic heterocycles. The third-order valence-corrected chi connectivity index (χ3v) is 8.39. The summed E-state index contributed by atoms with van der Waals surface area (Å²) in [7, 11) is 3.80. The molecule has 1 aliphatic rings. The van der Waals surface area contributed by atoms with E-state index in [-0.39, 0.29) is 35.5 Å². The maximum absolute atomic E-state index is 13.0. The van der Waals surface area contributed by atoms with Gasteiger partial charge in [0.05, 0.1) is 30.3 Å². The van der Waals surface area contributed by atoms with Crippen LogP contribution in [0, 0.1) is 35.5 Å². The van der Waals surface area contributed by atoms with Crippen molar-refractivity contribution in [2.24, 2.45) is 35.5 Å². The van der Waals surface area contributed by atoms with Crippen LogP contribution < -0.4 is 0 Å². The summed E-state index contributed by atoms with van der Waals surface area (Å²) in [6, 6.07) is -0.145. The lowest BCUT2D eigenvalue weighted by Crippen LogP contribution is -2.54. The zero-order valence-corrected chi connectivity index (χ0v) is 24.9. The first-order valence-electron chi connectivity index (χ1n) is 14.2. The van der Waals surface area contributed by atoms with E-state index in [1.54, 1.807) is 13.8 Å². The average molecular weight is 530 g/mol. The van der Waals surface area contributed by atoms with Gasteiger partial charge in [0.25, 0.3) is 0 Å². The number of carboxylic acids is 1. The van der Waals surface area contributed by atoms with E-state index < -0.39 is 48.5 Å². The fraction of sp³-hybridized carbons (Fsp3) is 0.931. The smallest absolute Gasteiger partial charge is 0.308 e. The van der Waals surface area contributed by atoms with Gasteiger partial charge in [0, 0.05) is 24.3 Å². The van der Waals surface area contributed by atoms with Crippen molar-refractivity contribution in [1.29, 1.82) is 0 Å². The molecular formula is C29H55NO7. The monoisotopic (exact) mass is 529 g/mol. The van der Waals surface area contributed by atoms with E-state index in [0.29, 0.717) is 19.3 Å². The quantitative estimate of drug-likeness (QED) is 0.272. The van der Waals surface area contributed by atoms with Gasteiger partial charge in [0.2, 0.25) is 0 Å². The molecule has 0 amide bonds. The molecule has 0 aromatic rings. The number of ketones is 1. The van der Waals surface area contributed by atoms with E-state index >= 15 is 0 Å². The molecule has 12 atom stereocenters. The SMILES string of the molecule is CCC[C@H](C)[C@H](O)[C@@H](C)C(=O)[C@H](C)C[C@H](C)C[C@@H](C)C(O[C@H]1CC(N(C)C)[C@H](O)[C@@H](C)O1)[C@@H](C)C(=O)O. The van der Waals surface area contributed by atoms with Crippen molar-refractivity contribution in [3.8, 4) is 0 Å². The first-order valence-corrected chi connectivity index (χ1v) is 14.2. The van der Waals surface area contributed by atoms with Crippen LogP contribution in [0.2, 0.25) is 0 Å². The highest BCUT2D eigenvalue weighted by Crippen LogP contribution is 2.32. The van der Waals surface area contributed by atoms with E-state index in [1.807, 2.05) is 46.7 Å². The highest BCUT2D eigenvalue weighted by Gasteiger charge is 2.40. The molecule has 1 rings (SSSR count). The number of Topliss-reactive ketones (excluding diaryl/α,β-unsaturated/α-hetero) is 1. The van der Waals surface area contributed by atoms with Crippen LogP contribution in [0.1, 0.15) is 87.5 Å². The molecule has 3 N–H and O–H groups in total. The molecule has 0 aromatic carbocycles. The van der Waals surface area contributed by atoms with Gasteiger partial charge in [-0.2, -0.15) is 0 Å². The van der Waals surface area contributed by atoms with Crippen LogP contribution >= 0.6 is 0 Å². The summed E-state index contributed by atoms with van der Waals surface area (Å²) in [5.41, 5.74) is 0. The molecule has 1 saturated heterocycles. The van der Waals surface area contributed by atoms with Crippen LogP contribution in [0.3, 0.4) is 0 Å². The minimum absolute atomic E-state index is 0.0829. The van der Waals surface area contributed by atoms with E-state index in [0.717, 1.165) is 12.8 Å². The van der Waals surface area contributed by atoms with Gasteiger partial charge in [-0.05, 0) is 65.0 Å². The number of aliphatic carboxylic acids is 1. The zero-order valence-electron chi connectivity index (χ0n) is 24.9. The summed E-state index contributed by atoms with van der Waals surface area (Å²) in [4.78, 5) is 26.9. The number of ether oxygens (including phenoxy) is 2. The minimum atomic E-state index is -0.926. The van der Waals surface area contributed by atoms with Gasteiger partial charge >= 0.3 is 5.97 Å². The molecule has 218 valence electrons. The standard InChI is InChI=1S/C29H55NO7/c1-11-12-17(3)25(31)20(6)26(32)18(4)13-16(2)14-19(5)28(21(7)29(34)35)37-24-15-23(30(9)10)27(33)22(8)36-24/h16-25,27-28,31,33H,11-15H2,1-10H3,(H,34,35)/t16-,17-,18+,19+,20+,21+,22+,23?,24-,25-,27+,28?/m0/s1. The van der Waals surface area contributed by atoms with Gasteiger partial charge in [0.15, 0.2) is 6.29 Å². The van der Waals surface area contributed by atoms with E-state index in [2.05, 4.69) is 13.8 Å². The predicted molar refractivity (Wildman–Crippen MR) is 145 cm³/mol. The van der Waals surface area contributed by atoms with E-state index in [9.17, 15) is 24.9 Å². The van der Waals surface area contributed by atoms with Crippen molar-refractivity contribution in [2.75, 3.05) is 14.1 Å². The van der Waals surface area contributed by atoms with Crippen LogP contribution in [0.25, 0.3) is 0 Å². The number of hydrogen-bond donors (Lipinski definition) is 3. The summed E-state index contributed by atoms with van der Waals surface area (Å²) < 4.78 is 12.2. The fourth-order valence-corrected chi connectivity index (χ4v) is 6.01. The van der Waals surface area contributed by atoms with Crippen molar-refractivity contribution < 1.29 is 34.4 Å². The molecule has 1 heterocycles. The Hall–Kier alpha value is -1.06. The Labute approximate surface area is 225 Å². The molecule has 8 nitrogen and oxygen atoms in total. The Morgan fingerprint density at radius 3 is 2.14 bits per heavy atom. The summed E-state index contributed by atoms with van der Waals surface area (Å²) in [5.74, 6) is -2.01. The lowest BCUT2D eigenvalue weighted by Gasteiger charge is -2.43. The van der Waals surface area contributed by atoms with Crippen molar-refractivity contribution in [3.63, 3.8) is 0 Å². The van der Waals surface area contributed by atoms with Crippen molar-refractivity contribution in [2.45, 2.75) is 124 Å². The Morgan fingerprint density at radius 2 is 1.62 bits per heavy atom. The molecule has 0 spiro atoms. The van der Waals surface area contributed by atoms with Gasteiger partial charge in [0.1, 0.15) is 5.78 Å². The number of carboxylic acid groups (broad SMARTS) is 1. The number of hydrogen-bond acceptors (Lipinski definition) is 7. The largest absolute Gasteiger partial charge is 0.481 e. The van der Waals surface area contributed by atoms with Crippen molar-refractivity contribution in [3.05, 3.63) is 0 Å². The molecule has 1 aliphatic heterocycles. The van der Waals surface area contributed by atoms with Gasteiger partial charge in [-0.3, -0.25) is 9.59 Å². The summed E-state index contributed by atoms with van der Waals surface area (Å²) in [6.07, 6.45) is 0.795. The lowest BCUT2D eigenvalue weighted by atomic mass is 9.79. The first-order chi connectivity index (χ1) is 17.1. The number of rotatable bonds is 16. The summed E-state index contributed by atoms with van der Waals surface area (Å²) >= 11 is 0. The second kappa shape index (κ2) is 15.5. The van der Waals surface area contributed by atoms with Crippen LogP contribution in [0.4, 0.5) is 0 Å². The third kappa shape index (κ3) is 9.88. The van der Waals surface area contributed by atoms with E-state index in [1.165, 1.54) is 0 Å². The minimum Gasteiger partial charge on any atom is -0.481 e. The molecule has 0 radical (unpaired) electrons. The second-order valence-corrected chi connectivity index (χ2v) is 12.2. The fourth-order valence-electron chi connectivity index (χ4n) is 6.01. The summed E-state index contributed by atoms with van der Waals surface area (Å²) in [6.45, 7) is 15.4. The van der Waals surface area contributed by atoms with Crippen molar-refractivity contribution >= 4 is 11.8 Å². The molecule has 8 heteroatoms. The highest BCUT2D eigenvalue weighted by atomic mass is 16.7. The maximum atomic E-state index is 13.0. The molecule has 0 bridgehead atoms. The Kier molecular flexibility index (Phi) is 14.2. The van der Waals surface area contributed by atoms with Gasteiger partial charge in [-0.15, -0.1) is 0 Å². The van der Waals surface area contributed by atoms with Gasteiger partial charge < -0.3 is 29.7 Å². The molecule has 0 aliphatic carbocycles. The number of aliphatic hydroxyl groups excluding tert-OH is 2. The second-order valence-electron chi connectivity index (χ2n) is 12.2. The van der Waals surface area contributed by atoms with E-state index in [4.69, 9.17) is 9.47 Å². The van der Waals surface area contributed by atoms with Crippen LogP contribution in [0.5, 0.6) is 0 Å². The molecule has 0 saturated carbocycles. The number of aliphatic hydroxyl groups is 2. The summed E-state index contributed by atoms with van der Waals surface area (Å²) in [5, 5.41) is 30.9. The number of nitrogens with zero attached hydrogens (tertiary/aromatic N) is 1. The molecule has 1 fully saturated rings. The molecule has 37 heavy (non-hydrogen) atoms. The maximum Gasteiger partial charge on any atom is 0.308 e. The van der Waals surface area contributed by atoms with Crippen molar-refractivity contribution in [1.82, 2.24) is 4.90 Å². The normalized spacial score (nSPS) is 29.1. The molecule has 2 unspecified atom stereocenters. The lowest BCUT2D eigenvalue weighted by molar-refractivity contribution is -0.261. The Balaban J connectivity index is 2.84. The Morgan fingerprint density at radius 1 is 1.03 bits per heavy atom. The number of likely N-dealkylation sites (N-methyl/N-ethyl adjacent to an activating group) is 1. The van der Waals surface area contributed by atoms with Gasteiger partial charge in [-0.1, -0.05) is 48.0 Å². The average Bonchev–Trinajstić information content (AvgIpc) is 2.82. The molecular weight excluding hydrogens is 474 g/mol. The van der Waals surface area contributed by atoms with Crippen LogP contribution in [-0.4, -0.2) is 82.8 Å².